The standard InChI is InChI=1S/C32H41N3/c1-4-5-21-35(26-32(2,28-14-8-6-9-15-28)29-16-10-7-11-17-29)31-19-22-34(23-20-31)25-27-13-12-18-30(24-27)33-3/h5-18,21,24,31,33H,4,19-20,22-23,25-26H2,1-3H3/b21-5+. The zero-order valence-electron chi connectivity index (χ0n) is 21.7. The summed E-state index contributed by atoms with van der Waals surface area (Å²) in [6, 6.07) is 31.4. The van der Waals surface area contributed by atoms with E-state index in [-0.39, 0.29) is 5.41 Å². The zero-order valence-corrected chi connectivity index (χ0v) is 21.7. The Kier molecular flexibility index (Phi) is 8.65. The molecule has 1 heterocycles. The van der Waals surface area contributed by atoms with Crippen LogP contribution in [0.4, 0.5) is 5.69 Å². The molecule has 0 unspecified atom stereocenters. The third-order valence-electron chi connectivity index (χ3n) is 7.50. The minimum absolute atomic E-state index is 0.0780. The maximum absolute atomic E-state index is 3.26. The molecule has 0 radical (unpaired) electrons. The summed E-state index contributed by atoms with van der Waals surface area (Å²) in [6.07, 6.45) is 8.15. The van der Waals surface area contributed by atoms with Crippen LogP contribution in [0.25, 0.3) is 0 Å². The predicted octanol–water partition coefficient (Wildman–Crippen LogP) is 6.92. The molecule has 1 aliphatic heterocycles. The summed E-state index contributed by atoms with van der Waals surface area (Å²) in [7, 11) is 1.99. The molecule has 3 aromatic rings. The molecule has 3 aromatic carbocycles. The van der Waals surface area contributed by atoms with Crippen LogP contribution < -0.4 is 5.32 Å². The van der Waals surface area contributed by atoms with Crippen molar-refractivity contribution in [2.45, 2.75) is 51.1 Å². The van der Waals surface area contributed by atoms with Gasteiger partial charge in [-0.1, -0.05) is 85.8 Å². The van der Waals surface area contributed by atoms with Gasteiger partial charge in [-0.25, -0.2) is 0 Å². The summed E-state index contributed by atoms with van der Waals surface area (Å²) in [5.41, 5.74) is 5.25. The van der Waals surface area contributed by atoms with Gasteiger partial charge in [-0.05, 0) is 61.2 Å². The van der Waals surface area contributed by atoms with Crippen molar-refractivity contribution in [2.24, 2.45) is 0 Å². The topological polar surface area (TPSA) is 18.5 Å². The lowest BCUT2D eigenvalue weighted by molar-refractivity contribution is 0.126. The summed E-state index contributed by atoms with van der Waals surface area (Å²) in [5.74, 6) is 0. The molecule has 0 spiro atoms. The predicted molar refractivity (Wildman–Crippen MR) is 150 cm³/mol. The molecule has 0 aliphatic carbocycles. The van der Waals surface area contributed by atoms with E-state index >= 15 is 0 Å². The highest BCUT2D eigenvalue weighted by Crippen LogP contribution is 2.34. The van der Waals surface area contributed by atoms with Gasteiger partial charge in [0.25, 0.3) is 0 Å². The molecule has 0 amide bonds. The van der Waals surface area contributed by atoms with Gasteiger partial charge in [0, 0.05) is 50.4 Å². The van der Waals surface area contributed by atoms with Gasteiger partial charge in [0.05, 0.1) is 0 Å². The van der Waals surface area contributed by atoms with Crippen molar-refractivity contribution >= 4 is 5.69 Å². The molecule has 0 bridgehead atoms. The highest BCUT2D eigenvalue weighted by molar-refractivity contribution is 5.45. The van der Waals surface area contributed by atoms with Gasteiger partial charge >= 0.3 is 0 Å². The normalized spacial score (nSPS) is 15.4. The Morgan fingerprint density at radius 2 is 1.54 bits per heavy atom. The zero-order chi connectivity index (χ0) is 24.5. The molecule has 3 nitrogen and oxygen atoms in total. The summed E-state index contributed by atoms with van der Waals surface area (Å²) < 4.78 is 0. The van der Waals surface area contributed by atoms with E-state index in [9.17, 15) is 0 Å². The number of hydrogen-bond donors (Lipinski definition) is 1. The molecule has 0 aromatic heterocycles. The second kappa shape index (κ2) is 12.1. The number of nitrogens with zero attached hydrogens (tertiary/aromatic N) is 2. The van der Waals surface area contributed by atoms with Crippen LogP contribution >= 0.6 is 0 Å². The molecule has 1 aliphatic rings. The summed E-state index contributed by atoms with van der Waals surface area (Å²) >= 11 is 0. The van der Waals surface area contributed by atoms with Crippen molar-refractivity contribution in [3.63, 3.8) is 0 Å². The number of piperidine rings is 1. The number of likely N-dealkylation sites (tertiary alicyclic amines) is 1. The van der Waals surface area contributed by atoms with E-state index in [2.05, 4.69) is 126 Å². The molecule has 1 fully saturated rings. The fraction of sp³-hybridized carbons (Fsp3) is 0.375. The highest BCUT2D eigenvalue weighted by Gasteiger charge is 2.33. The van der Waals surface area contributed by atoms with Gasteiger partial charge in [-0.15, -0.1) is 0 Å². The number of benzene rings is 3. The van der Waals surface area contributed by atoms with Crippen LogP contribution in [0, 0.1) is 0 Å². The number of hydrogen-bond acceptors (Lipinski definition) is 3. The first-order chi connectivity index (χ1) is 17.1. The highest BCUT2D eigenvalue weighted by atomic mass is 15.2. The lowest BCUT2D eigenvalue weighted by Crippen LogP contribution is -2.47. The Morgan fingerprint density at radius 3 is 2.11 bits per heavy atom. The molecule has 0 atom stereocenters. The van der Waals surface area contributed by atoms with Crippen molar-refractivity contribution in [3.05, 3.63) is 114 Å². The van der Waals surface area contributed by atoms with Crippen molar-refractivity contribution in [1.82, 2.24) is 9.80 Å². The minimum Gasteiger partial charge on any atom is -0.388 e. The van der Waals surface area contributed by atoms with Crippen LogP contribution in [-0.2, 0) is 12.0 Å². The Balaban J connectivity index is 1.50. The van der Waals surface area contributed by atoms with Crippen molar-refractivity contribution in [1.29, 1.82) is 0 Å². The number of rotatable bonds is 10. The molecule has 1 saturated heterocycles. The van der Waals surface area contributed by atoms with E-state index in [1.54, 1.807) is 0 Å². The maximum atomic E-state index is 3.26. The van der Waals surface area contributed by atoms with Crippen LogP contribution in [0.3, 0.4) is 0 Å². The van der Waals surface area contributed by atoms with E-state index in [0.717, 1.165) is 32.6 Å². The van der Waals surface area contributed by atoms with Crippen LogP contribution in [0.1, 0.15) is 49.8 Å². The van der Waals surface area contributed by atoms with Crippen molar-refractivity contribution < 1.29 is 0 Å². The summed E-state index contributed by atoms with van der Waals surface area (Å²) in [4.78, 5) is 5.25. The Bertz CT molecular complexity index is 1010. The number of nitrogens with one attached hydrogen (secondary N) is 1. The lowest BCUT2D eigenvalue weighted by Gasteiger charge is -2.43. The largest absolute Gasteiger partial charge is 0.388 e. The smallest absolute Gasteiger partial charge is 0.0349 e. The first kappa shape index (κ1) is 25.1. The number of anilines is 1. The average Bonchev–Trinajstić information content (AvgIpc) is 2.92. The van der Waals surface area contributed by atoms with E-state index in [1.807, 2.05) is 7.05 Å². The third-order valence-corrected chi connectivity index (χ3v) is 7.50. The van der Waals surface area contributed by atoms with Gasteiger partial charge in [-0.2, -0.15) is 0 Å². The quantitative estimate of drug-likeness (QED) is 0.349. The molecule has 3 heteroatoms. The monoisotopic (exact) mass is 467 g/mol. The lowest BCUT2D eigenvalue weighted by atomic mass is 9.75. The molecular weight excluding hydrogens is 426 g/mol. The molecular formula is C32H41N3. The third kappa shape index (κ3) is 6.35. The molecule has 35 heavy (non-hydrogen) atoms. The molecule has 0 saturated carbocycles. The van der Waals surface area contributed by atoms with Gasteiger partial charge in [0.2, 0.25) is 0 Å². The van der Waals surface area contributed by atoms with Crippen molar-refractivity contribution in [2.75, 3.05) is 32.0 Å². The van der Waals surface area contributed by atoms with Crippen LogP contribution in [0.15, 0.2) is 97.2 Å². The van der Waals surface area contributed by atoms with Gasteiger partial charge in [0.15, 0.2) is 0 Å². The van der Waals surface area contributed by atoms with E-state index < -0.39 is 0 Å². The Labute approximate surface area is 212 Å². The second-order valence-electron chi connectivity index (χ2n) is 9.99. The van der Waals surface area contributed by atoms with Gasteiger partial charge in [-0.3, -0.25) is 4.90 Å². The summed E-state index contributed by atoms with van der Waals surface area (Å²) in [5, 5.41) is 3.26. The van der Waals surface area contributed by atoms with Crippen LogP contribution in [0.5, 0.6) is 0 Å². The number of allylic oxidation sites excluding steroid dienone is 1. The molecule has 184 valence electrons. The Morgan fingerprint density at radius 1 is 0.914 bits per heavy atom. The van der Waals surface area contributed by atoms with Gasteiger partial charge in [0.1, 0.15) is 0 Å². The van der Waals surface area contributed by atoms with Crippen LogP contribution in [-0.4, -0.2) is 42.5 Å². The van der Waals surface area contributed by atoms with Gasteiger partial charge < -0.3 is 10.2 Å². The second-order valence-corrected chi connectivity index (χ2v) is 9.99. The molecule has 1 N–H and O–H groups in total. The fourth-order valence-corrected chi connectivity index (χ4v) is 5.36. The molecule has 4 rings (SSSR count). The summed E-state index contributed by atoms with van der Waals surface area (Å²) in [6.45, 7) is 8.92. The van der Waals surface area contributed by atoms with Crippen LogP contribution in [0.2, 0.25) is 0 Å². The Hall–Kier alpha value is -3.04. The first-order valence-electron chi connectivity index (χ1n) is 13.1. The van der Waals surface area contributed by atoms with E-state index in [4.69, 9.17) is 0 Å². The fourth-order valence-electron chi connectivity index (χ4n) is 5.36. The van der Waals surface area contributed by atoms with Crippen molar-refractivity contribution in [3.8, 4) is 0 Å². The maximum Gasteiger partial charge on any atom is 0.0349 e. The van der Waals surface area contributed by atoms with E-state index in [0.29, 0.717) is 6.04 Å². The van der Waals surface area contributed by atoms with E-state index in [1.165, 1.54) is 35.2 Å². The SMILES string of the molecule is CC/C=C/N(CC(C)(c1ccccc1)c1ccccc1)C1CCN(Cc2cccc(NC)c2)CC1. The minimum atomic E-state index is -0.0780. The first-order valence-corrected chi connectivity index (χ1v) is 13.1. The average molecular weight is 468 g/mol.